The van der Waals surface area contributed by atoms with Crippen molar-refractivity contribution in [1.82, 2.24) is 15.2 Å². The summed E-state index contributed by atoms with van der Waals surface area (Å²) in [5.74, 6) is -0.979. The molecule has 0 atom stereocenters. The van der Waals surface area contributed by atoms with E-state index in [1.807, 2.05) is 53.4 Å². The first-order valence-electron chi connectivity index (χ1n) is 6.25. The van der Waals surface area contributed by atoms with Gasteiger partial charge in [0.15, 0.2) is 5.11 Å². The van der Waals surface area contributed by atoms with Crippen molar-refractivity contribution < 1.29 is 9.59 Å². The van der Waals surface area contributed by atoms with E-state index in [0.717, 1.165) is 11.3 Å². The molecule has 0 spiro atoms. The van der Waals surface area contributed by atoms with E-state index in [2.05, 4.69) is 10.6 Å². The summed E-state index contributed by atoms with van der Waals surface area (Å²) in [5.41, 5.74) is 1.79. The quantitative estimate of drug-likeness (QED) is 0.500. The van der Waals surface area contributed by atoms with Gasteiger partial charge in [-0.3, -0.25) is 20.2 Å². The number of aromatic nitrogens is 1. The van der Waals surface area contributed by atoms with Crippen LogP contribution in [0.1, 0.15) is 5.56 Å². The van der Waals surface area contributed by atoms with Crippen LogP contribution in [0.2, 0.25) is 0 Å². The van der Waals surface area contributed by atoms with Crippen LogP contribution in [-0.2, 0) is 9.59 Å². The van der Waals surface area contributed by atoms with Gasteiger partial charge in [0.2, 0.25) is 0 Å². The van der Waals surface area contributed by atoms with Crippen molar-refractivity contribution in [3.8, 4) is 5.69 Å². The van der Waals surface area contributed by atoms with E-state index in [-0.39, 0.29) is 10.7 Å². The van der Waals surface area contributed by atoms with Gasteiger partial charge in [-0.05, 0) is 42.1 Å². The highest BCUT2D eigenvalue weighted by Crippen LogP contribution is 2.14. The average molecular weight is 297 g/mol. The minimum Gasteiger partial charge on any atom is -0.323 e. The van der Waals surface area contributed by atoms with E-state index in [1.54, 1.807) is 0 Å². The summed E-state index contributed by atoms with van der Waals surface area (Å²) in [4.78, 5) is 23.5. The van der Waals surface area contributed by atoms with Crippen molar-refractivity contribution >= 4 is 35.2 Å². The second-order valence-electron chi connectivity index (χ2n) is 4.48. The monoisotopic (exact) mass is 297 g/mol. The van der Waals surface area contributed by atoms with Crippen LogP contribution in [0.15, 0.2) is 54.4 Å². The van der Waals surface area contributed by atoms with Gasteiger partial charge >= 0.3 is 0 Å². The Morgan fingerprint density at radius 1 is 1.00 bits per heavy atom. The predicted octanol–water partition coefficient (Wildman–Crippen LogP) is 1.39. The molecule has 0 bridgehead atoms. The lowest BCUT2D eigenvalue weighted by molar-refractivity contribution is -0.123. The highest BCUT2D eigenvalue weighted by atomic mass is 32.1. The van der Waals surface area contributed by atoms with Crippen LogP contribution >= 0.6 is 12.2 Å². The molecule has 0 unspecified atom stereocenters. The summed E-state index contributed by atoms with van der Waals surface area (Å²) in [6, 6.07) is 11.6. The fraction of sp³-hybridized carbons (Fsp3) is 0. The Labute approximate surface area is 126 Å². The molecule has 1 saturated heterocycles. The topological polar surface area (TPSA) is 63.1 Å². The van der Waals surface area contributed by atoms with Crippen molar-refractivity contribution in [3.05, 3.63) is 59.9 Å². The van der Waals surface area contributed by atoms with E-state index < -0.39 is 11.8 Å². The lowest BCUT2D eigenvalue weighted by atomic mass is 10.1. The molecule has 1 fully saturated rings. The molecule has 2 N–H and O–H groups in total. The van der Waals surface area contributed by atoms with Crippen molar-refractivity contribution in [2.24, 2.45) is 0 Å². The van der Waals surface area contributed by atoms with Crippen LogP contribution in [0.5, 0.6) is 0 Å². The minimum atomic E-state index is -0.490. The standard InChI is InChI=1S/C15H11N3O2S/c19-13-12(14(20)17-15(21)16-13)8-10-6-7-18(9-10)11-4-2-1-3-5-11/h1-9H,(H2,16,17,19,20,21). The van der Waals surface area contributed by atoms with Gasteiger partial charge in [0.05, 0.1) is 0 Å². The molecule has 104 valence electrons. The molecule has 2 aromatic rings. The Morgan fingerprint density at radius 3 is 2.33 bits per heavy atom. The minimum absolute atomic E-state index is 0.0315. The Balaban J connectivity index is 1.90. The SMILES string of the molecule is O=C1NC(=S)NC(=O)C1=Cc1ccn(-c2ccccc2)c1. The third kappa shape index (κ3) is 2.75. The second-order valence-corrected chi connectivity index (χ2v) is 4.89. The third-order valence-electron chi connectivity index (χ3n) is 3.02. The summed E-state index contributed by atoms with van der Waals surface area (Å²) in [5, 5.41) is 4.84. The molecule has 21 heavy (non-hydrogen) atoms. The molecule has 1 aromatic heterocycles. The number of thiocarbonyl (C=S) groups is 1. The number of para-hydroxylation sites is 1. The highest BCUT2D eigenvalue weighted by Gasteiger charge is 2.25. The van der Waals surface area contributed by atoms with E-state index >= 15 is 0 Å². The second kappa shape index (κ2) is 5.34. The number of nitrogens with one attached hydrogen (secondary N) is 2. The van der Waals surface area contributed by atoms with E-state index in [9.17, 15) is 9.59 Å². The number of carbonyl (C=O) groups excluding carboxylic acids is 2. The van der Waals surface area contributed by atoms with Crippen molar-refractivity contribution in [2.45, 2.75) is 0 Å². The first kappa shape index (κ1) is 13.3. The van der Waals surface area contributed by atoms with Gasteiger partial charge in [-0.15, -0.1) is 0 Å². The number of amides is 2. The van der Waals surface area contributed by atoms with Gasteiger partial charge in [0.1, 0.15) is 5.57 Å². The Bertz CT molecular complexity index is 740. The molecule has 0 aliphatic carbocycles. The van der Waals surface area contributed by atoms with Crippen LogP contribution in [0.25, 0.3) is 11.8 Å². The molecule has 1 aliphatic heterocycles. The molecule has 2 heterocycles. The molecular formula is C15H11N3O2S. The number of rotatable bonds is 2. The lowest BCUT2D eigenvalue weighted by Crippen LogP contribution is -2.51. The van der Waals surface area contributed by atoms with Crippen LogP contribution in [0.3, 0.4) is 0 Å². The van der Waals surface area contributed by atoms with Crippen molar-refractivity contribution in [1.29, 1.82) is 0 Å². The van der Waals surface area contributed by atoms with Crippen LogP contribution in [0.4, 0.5) is 0 Å². The molecule has 6 heteroatoms. The molecule has 0 saturated carbocycles. The smallest absolute Gasteiger partial charge is 0.263 e. The summed E-state index contributed by atoms with van der Waals surface area (Å²) in [6.07, 6.45) is 5.24. The molecule has 5 nitrogen and oxygen atoms in total. The lowest BCUT2D eigenvalue weighted by Gasteiger charge is -2.15. The molecule has 3 rings (SSSR count). The Morgan fingerprint density at radius 2 is 1.67 bits per heavy atom. The number of benzene rings is 1. The Hall–Kier alpha value is -2.73. The van der Waals surface area contributed by atoms with Crippen LogP contribution in [-0.4, -0.2) is 21.5 Å². The zero-order chi connectivity index (χ0) is 14.8. The summed E-state index contributed by atoms with van der Waals surface area (Å²) in [7, 11) is 0. The van der Waals surface area contributed by atoms with Gasteiger partial charge in [0, 0.05) is 18.1 Å². The molecule has 0 radical (unpaired) electrons. The predicted molar refractivity (Wildman–Crippen MR) is 82.6 cm³/mol. The third-order valence-corrected chi connectivity index (χ3v) is 3.23. The summed E-state index contributed by atoms with van der Waals surface area (Å²) >= 11 is 4.75. The van der Waals surface area contributed by atoms with Gasteiger partial charge < -0.3 is 4.57 Å². The molecular weight excluding hydrogens is 286 g/mol. The first-order chi connectivity index (χ1) is 10.1. The first-order valence-corrected chi connectivity index (χ1v) is 6.66. The maximum Gasteiger partial charge on any atom is 0.263 e. The molecule has 1 aliphatic rings. The molecule has 2 amide bonds. The van der Waals surface area contributed by atoms with Gasteiger partial charge in [0.25, 0.3) is 11.8 Å². The van der Waals surface area contributed by atoms with Crippen LogP contribution in [0, 0.1) is 0 Å². The fourth-order valence-corrected chi connectivity index (χ4v) is 2.22. The van der Waals surface area contributed by atoms with Crippen molar-refractivity contribution in [2.75, 3.05) is 0 Å². The Kier molecular flexibility index (Phi) is 3.37. The summed E-state index contributed by atoms with van der Waals surface area (Å²) in [6.45, 7) is 0. The van der Waals surface area contributed by atoms with E-state index in [4.69, 9.17) is 12.2 Å². The fourth-order valence-electron chi connectivity index (χ4n) is 2.03. The molecule has 1 aromatic carbocycles. The summed E-state index contributed by atoms with van der Waals surface area (Å²) < 4.78 is 1.91. The highest BCUT2D eigenvalue weighted by molar-refractivity contribution is 7.80. The van der Waals surface area contributed by atoms with Crippen LogP contribution < -0.4 is 10.6 Å². The number of nitrogens with zero attached hydrogens (tertiary/aromatic N) is 1. The largest absolute Gasteiger partial charge is 0.323 e. The number of hydrogen-bond acceptors (Lipinski definition) is 3. The maximum atomic E-state index is 11.8. The van der Waals surface area contributed by atoms with Gasteiger partial charge in [-0.2, -0.15) is 0 Å². The zero-order valence-corrected chi connectivity index (χ0v) is 11.7. The normalized spacial score (nSPS) is 14.7. The zero-order valence-electron chi connectivity index (χ0n) is 10.9. The number of hydrogen-bond donors (Lipinski definition) is 2. The number of carbonyl (C=O) groups is 2. The van der Waals surface area contributed by atoms with E-state index in [0.29, 0.717) is 0 Å². The maximum absolute atomic E-state index is 11.8. The van der Waals surface area contributed by atoms with Gasteiger partial charge in [-0.25, -0.2) is 0 Å². The van der Waals surface area contributed by atoms with Gasteiger partial charge in [-0.1, -0.05) is 18.2 Å². The van der Waals surface area contributed by atoms with Crippen molar-refractivity contribution in [3.63, 3.8) is 0 Å². The van der Waals surface area contributed by atoms with E-state index in [1.165, 1.54) is 6.08 Å². The average Bonchev–Trinajstić information content (AvgIpc) is 2.92.